The van der Waals surface area contributed by atoms with Gasteiger partial charge in [0.25, 0.3) is 0 Å². The van der Waals surface area contributed by atoms with E-state index in [-0.39, 0.29) is 0 Å². The molecule has 0 N–H and O–H groups in total. The van der Waals surface area contributed by atoms with Crippen molar-refractivity contribution in [2.24, 2.45) is 0 Å². The van der Waals surface area contributed by atoms with E-state index >= 15 is 0 Å². The Labute approximate surface area is 91.2 Å². The van der Waals surface area contributed by atoms with Gasteiger partial charge < -0.3 is 0 Å². The Morgan fingerprint density at radius 3 is 2.64 bits per heavy atom. The van der Waals surface area contributed by atoms with Crippen molar-refractivity contribution in [3.8, 4) is 0 Å². The standard InChI is InChI=1S/C10H12BrN3/c1-4-14-12-9-5-8(11)6(2)7(3)10(9)13-14/h5H,4H2,1-3H3. The fourth-order valence-electron chi connectivity index (χ4n) is 1.45. The molecule has 0 saturated carbocycles. The van der Waals surface area contributed by atoms with Crippen molar-refractivity contribution in [3.63, 3.8) is 0 Å². The molecular formula is C10H12BrN3. The first-order valence-electron chi connectivity index (χ1n) is 4.64. The minimum absolute atomic E-state index is 0.810. The molecule has 2 rings (SSSR count). The third-order valence-corrected chi connectivity index (χ3v) is 3.33. The summed E-state index contributed by atoms with van der Waals surface area (Å²) in [5.41, 5.74) is 4.41. The van der Waals surface area contributed by atoms with Gasteiger partial charge in [0.2, 0.25) is 0 Å². The molecule has 0 amide bonds. The van der Waals surface area contributed by atoms with Crippen LogP contribution in [0, 0.1) is 13.8 Å². The van der Waals surface area contributed by atoms with E-state index in [0.29, 0.717) is 0 Å². The van der Waals surface area contributed by atoms with Crippen LogP contribution in [0.25, 0.3) is 11.0 Å². The first-order chi connectivity index (χ1) is 6.63. The van der Waals surface area contributed by atoms with Gasteiger partial charge in [0, 0.05) is 4.47 Å². The maximum absolute atomic E-state index is 4.42. The highest BCUT2D eigenvalue weighted by Crippen LogP contribution is 2.25. The van der Waals surface area contributed by atoms with Crippen LogP contribution in [0.1, 0.15) is 18.1 Å². The molecule has 2 aromatic rings. The quantitative estimate of drug-likeness (QED) is 0.783. The number of benzene rings is 1. The monoisotopic (exact) mass is 253 g/mol. The molecule has 4 heteroatoms. The van der Waals surface area contributed by atoms with Gasteiger partial charge in [-0.15, -0.1) is 0 Å². The van der Waals surface area contributed by atoms with E-state index in [4.69, 9.17) is 0 Å². The zero-order chi connectivity index (χ0) is 10.3. The minimum atomic E-state index is 0.810. The topological polar surface area (TPSA) is 30.7 Å². The van der Waals surface area contributed by atoms with Crippen LogP contribution in [0.15, 0.2) is 10.5 Å². The molecule has 0 fully saturated rings. The van der Waals surface area contributed by atoms with E-state index < -0.39 is 0 Å². The number of hydrogen-bond donors (Lipinski definition) is 0. The summed E-state index contributed by atoms with van der Waals surface area (Å²) < 4.78 is 1.10. The Morgan fingerprint density at radius 1 is 1.29 bits per heavy atom. The average molecular weight is 254 g/mol. The number of nitrogens with zero attached hydrogens (tertiary/aromatic N) is 3. The smallest absolute Gasteiger partial charge is 0.116 e. The van der Waals surface area contributed by atoms with Crippen LogP contribution in [0.2, 0.25) is 0 Å². The largest absolute Gasteiger partial charge is 0.184 e. The van der Waals surface area contributed by atoms with Crippen LogP contribution < -0.4 is 0 Å². The minimum Gasteiger partial charge on any atom is -0.184 e. The van der Waals surface area contributed by atoms with Gasteiger partial charge in [-0.1, -0.05) is 15.9 Å². The molecule has 74 valence electrons. The third kappa shape index (κ3) is 1.34. The summed E-state index contributed by atoms with van der Waals surface area (Å²) in [6, 6.07) is 2.02. The summed E-state index contributed by atoms with van der Waals surface area (Å²) in [5, 5.41) is 8.79. The number of fused-ring (bicyclic) bond motifs is 1. The second-order valence-corrected chi connectivity index (χ2v) is 4.22. The fourth-order valence-corrected chi connectivity index (χ4v) is 1.97. The van der Waals surface area contributed by atoms with E-state index in [2.05, 4.69) is 40.0 Å². The molecule has 0 atom stereocenters. The molecule has 3 nitrogen and oxygen atoms in total. The summed E-state index contributed by atoms with van der Waals surface area (Å²) in [7, 11) is 0. The second-order valence-electron chi connectivity index (χ2n) is 3.36. The normalized spacial score (nSPS) is 11.1. The summed E-state index contributed by atoms with van der Waals surface area (Å²) >= 11 is 3.52. The lowest BCUT2D eigenvalue weighted by molar-refractivity contribution is 0.578. The SMILES string of the molecule is CCn1nc2cc(Br)c(C)c(C)c2n1. The lowest BCUT2D eigenvalue weighted by Crippen LogP contribution is -1.97. The Kier molecular flexibility index (Phi) is 2.31. The zero-order valence-electron chi connectivity index (χ0n) is 8.50. The van der Waals surface area contributed by atoms with E-state index in [0.717, 1.165) is 22.1 Å². The molecule has 0 aliphatic rings. The number of halogens is 1. The molecule has 1 aromatic heterocycles. The number of aryl methyl sites for hydroxylation is 2. The van der Waals surface area contributed by atoms with Crippen molar-refractivity contribution in [1.29, 1.82) is 0 Å². The number of hydrogen-bond acceptors (Lipinski definition) is 2. The van der Waals surface area contributed by atoms with Crippen molar-refractivity contribution in [1.82, 2.24) is 15.0 Å². The van der Waals surface area contributed by atoms with Gasteiger partial charge in [-0.3, -0.25) is 0 Å². The van der Waals surface area contributed by atoms with Gasteiger partial charge >= 0.3 is 0 Å². The van der Waals surface area contributed by atoms with Crippen LogP contribution in [0.4, 0.5) is 0 Å². The van der Waals surface area contributed by atoms with Crippen molar-refractivity contribution >= 4 is 27.0 Å². The van der Waals surface area contributed by atoms with Crippen molar-refractivity contribution in [2.75, 3.05) is 0 Å². The van der Waals surface area contributed by atoms with Gasteiger partial charge in [-0.05, 0) is 38.0 Å². The van der Waals surface area contributed by atoms with Crippen LogP contribution in [-0.4, -0.2) is 15.0 Å². The highest BCUT2D eigenvalue weighted by molar-refractivity contribution is 9.10. The predicted molar refractivity (Wildman–Crippen MR) is 60.4 cm³/mol. The second kappa shape index (κ2) is 3.35. The molecule has 14 heavy (non-hydrogen) atoms. The van der Waals surface area contributed by atoms with E-state index in [9.17, 15) is 0 Å². The molecule has 1 heterocycles. The van der Waals surface area contributed by atoms with Gasteiger partial charge in [0.1, 0.15) is 11.0 Å². The van der Waals surface area contributed by atoms with E-state index in [1.54, 1.807) is 4.80 Å². The van der Waals surface area contributed by atoms with Gasteiger partial charge in [-0.25, -0.2) is 0 Å². The van der Waals surface area contributed by atoms with Gasteiger partial charge in [0.05, 0.1) is 6.54 Å². The Morgan fingerprint density at radius 2 is 2.00 bits per heavy atom. The van der Waals surface area contributed by atoms with Crippen molar-refractivity contribution in [3.05, 3.63) is 21.7 Å². The summed E-state index contributed by atoms with van der Waals surface area (Å²) in [4.78, 5) is 1.73. The Bertz CT molecular complexity index is 488. The van der Waals surface area contributed by atoms with Crippen LogP contribution >= 0.6 is 15.9 Å². The van der Waals surface area contributed by atoms with E-state index in [1.807, 2.05) is 13.0 Å². The molecule has 0 spiro atoms. The highest BCUT2D eigenvalue weighted by Gasteiger charge is 2.09. The summed E-state index contributed by atoms with van der Waals surface area (Å²) in [6.07, 6.45) is 0. The molecule has 0 radical (unpaired) electrons. The lowest BCUT2D eigenvalue weighted by Gasteiger charge is -2.01. The molecule has 0 saturated heterocycles. The maximum Gasteiger partial charge on any atom is 0.116 e. The molecule has 0 aliphatic carbocycles. The van der Waals surface area contributed by atoms with Crippen molar-refractivity contribution < 1.29 is 0 Å². The zero-order valence-corrected chi connectivity index (χ0v) is 10.1. The Hall–Kier alpha value is -0.900. The average Bonchev–Trinajstić information content (AvgIpc) is 2.57. The molecular weight excluding hydrogens is 242 g/mol. The lowest BCUT2D eigenvalue weighted by atomic mass is 10.1. The molecule has 0 unspecified atom stereocenters. The maximum atomic E-state index is 4.42. The van der Waals surface area contributed by atoms with Crippen LogP contribution in [0.3, 0.4) is 0 Å². The van der Waals surface area contributed by atoms with E-state index in [1.165, 1.54) is 11.1 Å². The van der Waals surface area contributed by atoms with Gasteiger partial charge in [0.15, 0.2) is 0 Å². The fraction of sp³-hybridized carbons (Fsp3) is 0.400. The van der Waals surface area contributed by atoms with Crippen molar-refractivity contribution in [2.45, 2.75) is 27.3 Å². The number of aromatic nitrogens is 3. The summed E-state index contributed by atoms with van der Waals surface area (Å²) in [6.45, 7) is 7.02. The highest BCUT2D eigenvalue weighted by atomic mass is 79.9. The molecule has 0 bridgehead atoms. The molecule has 0 aliphatic heterocycles. The van der Waals surface area contributed by atoms with Crippen LogP contribution in [0.5, 0.6) is 0 Å². The Balaban J connectivity index is 2.81. The first-order valence-corrected chi connectivity index (χ1v) is 5.43. The predicted octanol–water partition coefficient (Wildman–Crippen LogP) is 2.83. The summed E-state index contributed by atoms with van der Waals surface area (Å²) in [5.74, 6) is 0. The third-order valence-electron chi connectivity index (χ3n) is 2.50. The number of rotatable bonds is 1. The van der Waals surface area contributed by atoms with Crippen LogP contribution in [-0.2, 0) is 6.54 Å². The first kappa shape index (κ1) is 9.65. The van der Waals surface area contributed by atoms with Gasteiger partial charge in [-0.2, -0.15) is 15.0 Å². The molecule has 1 aromatic carbocycles.